The molecular formula is C7H11N3O3. The van der Waals surface area contributed by atoms with Crippen LogP contribution in [0, 0.1) is 0 Å². The molecule has 0 radical (unpaired) electrons. The van der Waals surface area contributed by atoms with Crippen molar-refractivity contribution in [3.63, 3.8) is 0 Å². The number of amides is 3. The van der Waals surface area contributed by atoms with Crippen LogP contribution in [0.3, 0.4) is 0 Å². The number of nitrogens with two attached hydrogens (primary N) is 2. The summed E-state index contributed by atoms with van der Waals surface area (Å²) in [5.41, 5.74) is 9.76. The van der Waals surface area contributed by atoms with Crippen molar-refractivity contribution in [3.05, 3.63) is 0 Å². The first-order valence-electron chi connectivity index (χ1n) is 4.06. The molecule has 6 heteroatoms. The van der Waals surface area contributed by atoms with Crippen LogP contribution in [0.5, 0.6) is 0 Å². The van der Waals surface area contributed by atoms with Crippen molar-refractivity contribution < 1.29 is 14.3 Å². The van der Waals surface area contributed by atoms with Crippen molar-refractivity contribution in [3.8, 4) is 0 Å². The predicted octanol–water partition coefficient (Wildman–Crippen LogP) is -1.61. The average Bonchev–Trinajstić information content (AvgIpc) is 2.61. The van der Waals surface area contributed by atoms with Crippen LogP contribution in [0.25, 0.3) is 0 Å². The summed E-state index contributed by atoms with van der Waals surface area (Å²) in [6.07, 6.45) is 0.642. The largest absolute Gasteiger partial charge is 0.368 e. The first kappa shape index (κ1) is 8.31. The number of carbonyl (C=O) groups is 2. The topological polar surface area (TPSA) is 102 Å². The van der Waals surface area contributed by atoms with E-state index in [0.717, 1.165) is 0 Å². The van der Waals surface area contributed by atoms with Gasteiger partial charge in [-0.1, -0.05) is 0 Å². The number of hydrogen-bond donors (Lipinski definition) is 2. The molecule has 1 spiro atoms. The van der Waals surface area contributed by atoms with E-state index in [9.17, 15) is 9.59 Å². The number of nitrogens with zero attached hydrogens (tertiary/aromatic N) is 1. The Kier molecular flexibility index (Phi) is 1.50. The monoisotopic (exact) mass is 185 g/mol. The molecule has 2 saturated heterocycles. The normalized spacial score (nSPS) is 36.6. The fraction of sp³-hybridized carbons (Fsp3) is 0.714. The quantitative estimate of drug-likeness (QED) is 0.480. The minimum Gasteiger partial charge on any atom is -0.368 e. The Morgan fingerprint density at radius 3 is 2.46 bits per heavy atom. The zero-order chi connectivity index (χ0) is 9.64. The lowest BCUT2D eigenvalue weighted by atomic mass is 10.0. The van der Waals surface area contributed by atoms with Crippen LogP contribution in [0.15, 0.2) is 0 Å². The van der Waals surface area contributed by atoms with E-state index in [0.29, 0.717) is 19.6 Å². The molecule has 13 heavy (non-hydrogen) atoms. The van der Waals surface area contributed by atoms with Gasteiger partial charge in [0.25, 0.3) is 0 Å². The molecule has 2 aliphatic heterocycles. The highest BCUT2D eigenvalue weighted by Gasteiger charge is 2.61. The van der Waals surface area contributed by atoms with Crippen LogP contribution in [-0.2, 0) is 9.53 Å². The molecule has 2 atom stereocenters. The van der Waals surface area contributed by atoms with Crippen LogP contribution in [0.1, 0.15) is 6.42 Å². The zero-order valence-corrected chi connectivity index (χ0v) is 7.03. The van der Waals surface area contributed by atoms with Gasteiger partial charge in [0.15, 0.2) is 0 Å². The Labute approximate surface area is 74.8 Å². The summed E-state index contributed by atoms with van der Waals surface area (Å²) in [4.78, 5) is 23.3. The molecule has 2 unspecified atom stereocenters. The summed E-state index contributed by atoms with van der Waals surface area (Å²) in [6.45, 7) is 0.938. The van der Waals surface area contributed by atoms with Gasteiger partial charge in [0, 0.05) is 6.54 Å². The van der Waals surface area contributed by atoms with Gasteiger partial charge >= 0.3 is 6.03 Å². The molecule has 2 heterocycles. The summed E-state index contributed by atoms with van der Waals surface area (Å²) in [7, 11) is 0. The summed E-state index contributed by atoms with van der Waals surface area (Å²) in [5.74, 6) is -0.547. The highest BCUT2D eigenvalue weighted by Crippen LogP contribution is 2.42. The lowest BCUT2D eigenvalue weighted by molar-refractivity contribution is -0.122. The SMILES string of the molecule is NC(=O)C1N(C(N)=O)CCC12CO2. The molecule has 72 valence electrons. The van der Waals surface area contributed by atoms with Gasteiger partial charge in [-0.3, -0.25) is 4.79 Å². The maximum Gasteiger partial charge on any atom is 0.315 e. The van der Waals surface area contributed by atoms with Gasteiger partial charge in [0.05, 0.1) is 6.61 Å². The number of primary amides is 2. The summed E-state index contributed by atoms with van der Waals surface area (Å²) in [6, 6.07) is -1.29. The van der Waals surface area contributed by atoms with Gasteiger partial charge in [-0.15, -0.1) is 0 Å². The fourth-order valence-corrected chi connectivity index (χ4v) is 1.90. The Bertz CT molecular complexity index is 274. The predicted molar refractivity (Wildman–Crippen MR) is 42.6 cm³/mol. The number of carbonyl (C=O) groups excluding carboxylic acids is 2. The van der Waals surface area contributed by atoms with E-state index in [-0.39, 0.29) is 0 Å². The molecule has 4 N–H and O–H groups in total. The standard InChI is InChI=1S/C7H11N3O3/c8-5(11)4-7(3-13-7)1-2-10(4)6(9)12/h4H,1-3H2,(H2,8,11)(H2,9,12). The van der Waals surface area contributed by atoms with E-state index >= 15 is 0 Å². The zero-order valence-electron chi connectivity index (χ0n) is 7.03. The minimum absolute atomic E-state index is 0.447. The molecule has 0 aromatic rings. The number of likely N-dealkylation sites (tertiary alicyclic amines) is 1. The lowest BCUT2D eigenvalue weighted by Crippen LogP contribution is -2.51. The van der Waals surface area contributed by atoms with Crippen molar-refractivity contribution in [2.45, 2.75) is 18.1 Å². The molecule has 6 nitrogen and oxygen atoms in total. The smallest absolute Gasteiger partial charge is 0.315 e. The molecule has 3 amide bonds. The second-order valence-corrected chi connectivity index (χ2v) is 3.44. The molecular weight excluding hydrogens is 174 g/mol. The van der Waals surface area contributed by atoms with Crippen molar-refractivity contribution in [1.82, 2.24) is 4.90 Å². The molecule has 0 bridgehead atoms. The van der Waals surface area contributed by atoms with Gasteiger partial charge in [-0.2, -0.15) is 0 Å². The summed E-state index contributed by atoms with van der Waals surface area (Å²) < 4.78 is 5.16. The second-order valence-electron chi connectivity index (χ2n) is 3.44. The molecule has 0 aromatic heterocycles. The third kappa shape index (κ3) is 1.06. The molecule has 2 aliphatic rings. The van der Waals surface area contributed by atoms with Crippen LogP contribution in [-0.4, -0.2) is 41.6 Å². The van der Waals surface area contributed by atoms with Gasteiger partial charge < -0.3 is 21.1 Å². The molecule has 2 fully saturated rings. The Balaban J connectivity index is 2.23. The number of urea groups is 1. The lowest BCUT2D eigenvalue weighted by Gasteiger charge is -2.21. The molecule has 0 saturated carbocycles. The number of rotatable bonds is 1. The third-order valence-corrected chi connectivity index (χ3v) is 2.65. The van der Waals surface area contributed by atoms with E-state index in [1.165, 1.54) is 4.90 Å². The Hall–Kier alpha value is -1.30. The molecule has 0 aromatic carbocycles. The molecule has 0 aliphatic carbocycles. The maximum atomic E-state index is 11.1. The first-order chi connectivity index (χ1) is 6.07. The van der Waals surface area contributed by atoms with E-state index < -0.39 is 23.6 Å². The van der Waals surface area contributed by atoms with Crippen molar-refractivity contribution in [2.75, 3.05) is 13.2 Å². The van der Waals surface area contributed by atoms with Crippen LogP contribution < -0.4 is 11.5 Å². The number of epoxide rings is 1. The van der Waals surface area contributed by atoms with Gasteiger partial charge in [-0.05, 0) is 6.42 Å². The van der Waals surface area contributed by atoms with E-state index in [1.54, 1.807) is 0 Å². The molecule has 2 rings (SSSR count). The first-order valence-corrected chi connectivity index (χ1v) is 4.06. The number of ether oxygens (including phenoxy) is 1. The highest BCUT2D eigenvalue weighted by molar-refractivity contribution is 5.87. The van der Waals surface area contributed by atoms with Crippen LogP contribution in [0.4, 0.5) is 4.79 Å². The third-order valence-electron chi connectivity index (χ3n) is 2.65. The van der Waals surface area contributed by atoms with Crippen LogP contribution >= 0.6 is 0 Å². The van der Waals surface area contributed by atoms with Crippen molar-refractivity contribution >= 4 is 11.9 Å². The average molecular weight is 185 g/mol. The van der Waals surface area contributed by atoms with Crippen LogP contribution in [0.2, 0.25) is 0 Å². The number of hydrogen-bond acceptors (Lipinski definition) is 3. The second kappa shape index (κ2) is 2.35. The maximum absolute atomic E-state index is 11.1. The van der Waals surface area contributed by atoms with Gasteiger partial charge in [-0.25, -0.2) is 4.79 Å². The fourth-order valence-electron chi connectivity index (χ4n) is 1.90. The van der Waals surface area contributed by atoms with Gasteiger partial charge in [0.1, 0.15) is 11.6 Å². The van der Waals surface area contributed by atoms with Crippen molar-refractivity contribution in [1.29, 1.82) is 0 Å². The summed E-state index contributed by atoms with van der Waals surface area (Å²) >= 11 is 0. The minimum atomic E-state index is -0.676. The summed E-state index contributed by atoms with van der Waals surface area (Å²) in [5, 5.41) is 0. The van der Waals surface area contributed by atoms with Gasteiger partial charge in [0.2, 0.25) is 5.91 Å². The Morgan fingerprint density at radius 2 is 2.08 bits per heavy atom. The van der Waals surface area contributed by atoms with E-state index in [1.807, 2.05) is 0 Å². The Morgan fingerprint density at radius 1 is 1.46 bits per heavy atom. The van der Waals surface area contributed by atoms with E-state index in [4.69, 9.17) is 16.2 Å². The highest BCUT2D eigenvalue weighted by atomic mass is 16.6. The van der Waals surface area contributed by atoms with Crippen molar-refractivity contribution in [2.24, 2.45) is 11.5 Å². The van der Waals surface area contributed by atoms with E-state index in [2.05, 4.69) is 0 Å².